The molecule has 0 aliphatic rings. The minimum absolute atomic E-state index is 0. The maximum atomic E-state index is 11.7. The SMILES string of the molecule is CC(C)C(=O)CCCCCc1cccc(NC(=O)C(C)C)c1.[HH]. The average Bonchev–Trinajstić information content (AvgIpc) is 2.46. The molecule has 0 aliphatic carbocycles. The van der Waals surface area contributed by atoms with Crippen LogP contribution < -0.4 is 5.32 Å². The number of rotatable bonds is 9. The molecule has 1 aromatic carbocycles. The highest BCUT2D eigenvalue weighted by molar-refractivity contribution is 5.92. The molecule has 3 nitrogen and oxygen atoms in total. The highest BCUT2D eigenvalue weighted by Crippen LogP contribution is 2.15. The summed E-state index contributed by atoms with van der Waals surface area (Å²) in [7, 11) is 0. The van der Waals surface area contributed by atoms with Crippen molar-refractivity contribution >= 4 is 17.4 Å². The van der Waals surface area contributed by atoms with E-state index in [1.165, 1.54) is 5.56 Å². The number of hydrogen-bond acceptors (Lipinski definition) is 2. The maximum Gasteiger partial charge on any atom is 0.226 e. The van der Waals surface area contributed by atoms with Crippen LogP contribution in [0.4, 0.5) is 5.69 Å². The molecule has 0 spiro atoms. The van der Waals surface area contributed by atoms with Crippen LogP contribution in [-0.2, 0) is 16.0 Å². The summed E-state index contributed by atoms with van der Waals surface area (Å²) in [5, 5.41) is 2.93. The Hall–Kier alpha value is -1.64. The number of carbonyl (C=O) groups is 2. The van der Waals surface area contributed by atoms with E-state index in [1.807, 2.05) is 45.9 Å². The summed E-state index contributed by atoms with van der Waals surface area (Å²) >= 11 is 0. The van der Waals surface area contributed by atoms with Crippen molar-refractivity contribution in [2.75, 3.05) is 5.32 Å². The van der Waals surface area contributed by atoms with Gasteiger partial charge < -0.3 is 5.32 Å². The Morgan fingerprint density at radius 3 is 2.41 bits per heavy atom. The van der Waals surface area contributed by atoms with Gasteiger partial charge in [0.1, 0.15) is 5.78 Å². The van der Waals surface area contributed by atoms with Crippen molar-refractivity contribution in [1.29, 1.82) is 0 Å². The lowest BCUT2D eigenvalue weighted by Gasteiger charge is -2.09. The lowest BCUT2D eigenvalue weighted by atomic mass is 10.0. The quantitative estimate of drug-likeness (QED) is 0.662. The Morgan fingerprint density at radius 1 is 1.05 bits per heavy atom. The molecule has 1 aromatic rings. The highest BCUT2D eigenvalue weighted by atomic mass is 16.1. The first-order valence-corrected chi connectivity index (χ1v) is 8.32. The van der Waals surface area contributed by atoms with Crippen molar-refractivity contribution < 1.29 is 11.0 Å². The van der Waals surface area contributed by atoms with Gasteiger partial charge in [-0.15, -0.1) is 0 Å². The van der Waals surface area contributed by atoms with Gasteiger partial charge in [-0.25, -0.2) is 0 Å². The van der Waals surface area contributed by atoms with Gasteiger partial charge in [0.25, 0.3) is 0 Å². The second-order valence-corrected chi connectivity index (χ2v) is 6.53. The van der Waals surface area contributed by atoms with Crippen LogP contribution in [0.25, 0.3) is 0 Å². The van der Waals surface area contributed by atoms with Gasteiger partial charge in [0.15, 0.2) is 0 Å². The van der Waals surface area contributed by atoms with E-state index in [1.54, 1.807) is 0 Å². The maximum absolute atomic E-state index is 11.7. The molecule has 22 heavy (non-hydrogen) atoms. The second-order valence-electron chi connectivity index (χ2n) is 6.53. The predicted molar refractivity (Wildman–Crippen MR) is 94.0 cm³/mol. The topological polar surface area (TPSA) is 46.2 Å². The van der Waals surface area contributed by atoms with E-state index < -0.39 is 0 Å². The number of unbranched alkanes of at least 4 members (excludes halogenated alkanes) is 2. The monoisotopic (exact) mass is 305 g/mol. The molecule has 1 amide bonds. The molecule has 124 valence electrons. The molecule has 0 heterocycles. The number of amides is 1. The number of hydrogen-bond donors (Lipinski definition) is 1. The largest absolute Gasteiger partial charge is 0.326 e. The van der Waals surface area contributed by atoms with Crippen LogP contribution in [-0.4, -0.2) is 11.7 Å². The van der Waals surface area contributed by atoms with Crippen molar-refractivity contribution in [2.45, 2.75) is 59.8 Å². The molecule has 0 saturated carbocycles. The van der Waals surface area contributed by atoms with Crippen LogP contribution in [0.1, 0.15) is 60.4 Å². The Balaban J connectivity index is 0.00000484. The number of ketones is 1. The number of anilines is 1. The van der Waals surface area contributed by atoms with Gasteiger partial charge in [0.05, 0.1) is 0 Å². The zero-order valence-electron chi connectivity index (χ0n) is 14.3. The van der Waals surface area contributed by atoms with Crippen LogP contribution in [0, 0.1) is 11.8 Å². The molecule has 0 unspecified atom stereocenters. The first-order chi connectivity index (χ1) is 10.4. The van der Waals surface area contributed by atoms with E-state index in [4.69, 9.17) is 0 Å². The van der Waals surface area contributed by atoms with Gasteiger partial charge in [0.2, 0.25) is 5.91 Å². The fourth-order valence-electron chi connectivity index (χ4n) is 2.18. The van der Waals surface area contributed by atoms with E-state index >= 15 is 0 Å². The van der Waals surface area contributed by atoms with Crippen LogP contribution in [0.5, 0.6) is 0 Å². The summed E-state index contributed by atoms with van der Waals surface area (Å²) in [6.07, 6.45) is 4.80. The summed E-state index contributed by atoms with van der Waals surface area (Å²) in [4.78, 5) is 23.2. The first-order valence-electron chi connectivity index (χ1n) is 8.32. The Labute approximate surface area is 136 Å². The lowest BCUT2D eigenvalue weighted by molar-refractivity contribution is -0.122. The van der Waals surface area contributed by atoms with Crippen LogP contribution >= 0.6 is 0 Å². The summed E-state index contributed by atoms with van der Waals surface area (Å²) in [6, 6.07) is 8.03. The van der Waals surface area contributed by atoms with E-state index in [9.17, 15) is 9.59 Å². The molecule has 0 bridgehead atoms. The number of carbonyl (C=O) groups excluding carboxylic acids is 2. The van der Waals surface area contributed by atoms with Gasteiger partial charge in [-0.05, 0) is 37.0 Å². The van der Waals surface area contributed by atoms with Crippen LogP contribution in [0.3, 0.4) is 0 Å². The molecule has 1 N–H and O–H groups in total. The minimum Gasteiger partial charge on any atom is -0.326 e. The molecule has 0 saturated heterocycles. The molecule has 0 fully saturated rings. The van der Waals surface area contributed by atoms with Crippen LogP contribution in [0.15, 0.2) is 24.3 Å². The van der Waals surface area contributed by atoms with Crippen molar-refractivity contribution in [2.24, 2.45) is 11.8 Å². The van der Waals surface area contributed by atoms with Crippen LogP contribution in [0.2, 0.25) is 0 Å². The average molecular weight is 305 g/mol. The fourth-order valence-corrected chi connectivity index (χ4v) is 2.18. The number of Topliss-reactive ketones (excluding diaryl/α,β-unsaturated/α-hetero) is 1. The summed E-state index contributed by atoms with van der Waals surface area (Å²) in [5.74, 6) is 0.547. The van der Waals surface area contributed by atoms with Gasteiger partial charge in [-0.3, -0.25) is 9.59 Å². The van der Waals surface area contributed by atoms with E-state index in [2.05, 4.69) is 11.4 Å². The molecule has 3 heteroatoms. The fraction of sp³-hybridized carbons (Fsp3) is 0.579. The van der Waals surface area contributed by atoms with E-state index in [-0.39, 0.29) is 19.2 Å². The molecule has 0 atom stereocenters. The second kappa shape index (κ2) is 9.39. The normalized spacial score (nSPS) is 11.0. The molecular weight excluding hydrogens is 274 g/mol. The molecule has 0 aliphatic heterocycles. The van der Waals surface area contributed by atoms with E-state index in [0.29, 0.717) is 12.2 Å². The standard InChI is InChI=1S/C19H29NO2.H2/c1-14(2)18(21)12-7-5-6-9-16-10-8-11-17(13-16)20-19(22)15(3)4;/h8,10-11,13-15H,5-7,9,12H2,1-4H3,(H,20,22);1H. The number of benzene rings is 1. The third-order valence-electron chi connectivity index (χ3n) is 3.75. The van der Waals surface area contributed by atoms with Crippen molar-refractivity contribution in [1.82, 2.24) is 0 Å². The van der Waals surface area contributed by atoms with Crippen molar-refractivity contribution in [3.05, 3.63) is 29.8 Å². The summed E-state index contributed by atoms with van der Waals surface area (Å²) < 4.78 is 0. The Morgan fingerprint density at radius 2 is 1.77 bits per heavy atom. The molecule has 1 rings (SSSR count). The molecule has 0 aromatic heterocycles. The summed E-state index contributed by atoms with van der Waals surface area (Å²) in [5.41, 5.74) is 2.10. The lowest BCUT2D eigenvalue weighted by Crippen LogP contribution is -2.17. The highest BCUT2D eigenvalue weighted by Gasteiger charge is 2.08. The summed E-state index contributed by atoms with van der Waals surface area (Å²) in [6.45, 7) is 7.69. The first kappa shape index (κ1) is 18.4. The van der Waals surface area contributed by atoms with Gasteiger partial charge in [-0.2, -0.15) is 0 Å². The Kier molecular flexibility index (Phi) is 7.86. The number of nitrogens with one attached hydrogen (secondary N) is 1. The number of aryl methyl sites for hydroxylation is 1. The minimum atomic E-state index is -0.0119. The third kappa shape index (κ3) is 6.88. The van der Waals surface area contributed by atoms with Crippen molar-refractivity contribution in [3.8, 4) is 0 Å². The van der Waals surface area contributed by atoms with Gasteiger partial charge in [0, 0.05) is 25.4 Å². The Bertz CT molecular complexity index is 498. The zero-order chi connectivity index (χ0) is 16.5. The third-order valence-corrected chi connectivity index (χ3v) is 3.75. The molecule has 0 radical (unpaired) electrons. The van der Waals surface area contributed by atoms with E-state index in [0.717, 1.165) is 31.4 Å². The van der Waals surface area contributed by atoms with Gasteiger partial charge in [-0.1, -0.05) is 46.2 Å². The van der Waals surface area contributed by atoms with Crippen molar-refractivity contribution in [3.63, 3.8) is 0 Å². The zero-order valence-corrected chi connectivity index (χ0v) is 14.3. The van der Waals surface area contributed by atoms with Gasteiger partial charge >= 0.3 is 0 Å². The predicted octanol–water partition coefficient (Wildman–Crippen LogP) is 4.86. The molecular formula is C19H31NO2. The smallest absolute Gasteiger partial charge is 0.226 e.